The Morgan fingerprint density at radius 1 is 1.13 bits per heavy atom. The molecule has 0 bridgehead atoms. The van der Waals surface area contributed by atoms with Crippen molar-refractivity contribution in [2.75, 3.05) is 0 Å². The number of carbonyl (C=O) groups excluding carboxylic acids is 1. The van der Waals surface area contributed by atoms with Crippen LogP contribution in [0.1, 0.15) is 36.1 Å². The van der Waals surface area contributed by atoms with Gasteiger partial charge in [0.1, 0.15) is 0 Å². The molecule has 0 aliphatic heterocycles. The molecular formula is C18H20N2O3. The number of hydrogen-bond donors (Lipinski definition) is 1. The Hall–Kier alpha value is -2.69. The zero-order valence-electron chi connectivity index (χ0n) is 13.3. The van der Waals surface area contributed by atoms with Crippen LogP contribution < -0.4 is 5.32 Å². The van der Waals surface area contributed by atoms with Crippen LogP contribution in [0.4, 0.5) is 5.69 Å². The summed E-state index contributed by atoms with van der Waals surface area (Å²) in [6.07, 6.45) is 1.01. The summed E-state index contributed by atoms with van der Waals surface area (Å²) in [7, 11) is 0. The molecule has 5 nitrogen and oxygen atoms in total. The Morgan fingerprint density at radius 2 is 1.74 bits per heavy atom. The van der Waals surface area contributed by atoms with Crippen LogP contribution in [0.15, 0.2) is 48.5 Å². The van der Waals surface area contributed by atoms with Crippen LogP contribution in [0.3, 0.4) is 0 Å². The number of nitrogens with one attached hydrogen (secondary N) is 1. The summed E-state index contributed by atoms with van der Waals surface area (Å²) in [4.78, 5) is 22.4. The first-order chi connectivity index (χ1) is 11.0. The highest BCUT2D eigenvalue weighted by Crippen LogP contribution is 2.18. The van der Waals surface area contributed by atoms with Gasteiger partial charge in [-0.1, -0.05) is 48.9 Å². The Morgan fingerprint density at radius 3 is 2.26 bits per heavy atom. The molecule has 2 rings (SSSR count). The van der Waals surface area contributed by atoms with Gasteiger partial charge in [0.25, 0.3) is 5.69 Å². The smallest absolute Gasteiger partial charge is 0.269 e. The molecule has 0 aliphatic carbocycles. The number of carbonyl (C=O) groups is 1. The molecule has 0 fully saturated rings. The molecule has 2 aromatic rings. The number of amides is 1. The number of rotatable bonds is 6. The third kappa shape index (κ3) is 4.64. The lowest BCUT2D eigenvalue weighted by Crippen LogP contribution is -2.29. The molecule has 2 aromatic carbocycles. The van der Waals surface area contributed by atoms with Gasteiger partial charge in [-0.15, -0.1) is 0 Å². The van der Waals surface area contributed by atoms with Crippen LogP contribution in [0.5, 0.6) is 0 Å². The fourth-order valence-electron chi connectivity index (χ4n) is 2.39. The SMILES string of the molecule is CC[C@@H](NC(=O)Cc1ccc([N+](=O)[O-])cc1)c1ccc(C)cc1. The molecule has 0 spiro atoms. The molecule has 0 aromatic heterocycles. The lowest BCUT2D eigenvalue weighted by atomic mass is 10.0. The summed E-state index contributed by atoms with van der Waals surface area (Å²) in [5.41, 5.74) is 3.04. The fourth-order valence-corrected chi connectivity index (χ4v) is 2.39. The van der Waals surface area contributed by atoms with Gasteiger partial charge in [-0.3, -0.25) is 14.9 Å². The molecule has 1 N–H and O–H groups in total. The van der Waals surface area contributed by atoms with Crippen LogP contribution in [0, 0.1) is 17.0 Å². The highest BCUT2D eigenvalue weighted by Gasteiger charge is 2.13. The van der Waals surface area contributed by atoms with Crippen LogP contribution in [-0.4, -0.2) is 10.8 Å². The quantitative estimate of drug-likeness (QED) is 0.652. The number of non-ortho nitro benzene ring substituents is 1. The lowest BCUT2D eigenvalue weighted by molar-refractivity contribution is -0.384. The van der Waals surface area contributed by atoms with Gasteiger partial charge < -0.3 is 5.32 Å². The third-order valence-electron chi connectivity index (χ3n) is 3.74. The van der Waals surface area contributed by atoms with E-state index in [1.54, 1.807) is 12.1 Å². The third-order valence-corrected chi connectivity index (χ3v) is 3.74. The maximum absolute atomic E-state index is 12.2. The monoisotopic (exact) mass is 312 g/mol. The van der Waals surface area contributed by atoms with E-state index in [4.69, 9.17) is 0 Å². The number of nitrogens with zero attached hydrogens (tertiary/aromatic N) is 1. The summed E-state index contributed by atoms with van der Waals surface area (Å²) in [6.45, 7) is 4.05. The van der Waals surface area contributed by atoms with Crippen molar-refractivity contribution in [1.82, 2.24) is 5.32 Å². The van der Waals surface area contributed by atoms with Crippen molar-refractivity contribution >= 4 is 11.6 Å². The summed E-state index contributed by atoms with van der Waals surface area (Å²) in [5.74, 6) is -0.0914. The molecule has 5 heteroatoms. The van der Waals surface area contributed by atoms with E-state index in [-0.39, 0.29) is 24.1 Å². The van der Waals surface area contributed by atoms with Gasteiger partial charge in [-0.25, -0.2) is 0 Å². The van der Waals surface area contributed by atoms with Crippen molar-refractivity contribution in [2.24, 2.45) is 0 Å². The van der Waals surface area contributed by atoms with Gasteiger partial charge in [0.15, 0.2) is 0 Å². The van der Waals surface area contributed by atoms with Crippen molar-refractivity contribution in [3.63, 3.8) is 0 Å². The number of nitro benzene ring substituents is 1. The summed E-state index contributed by atoms with van der Waals surface area (Å²) < 4.78 is 0. The van der Waals surface area contributed by atoms with E-state index in [9.17, 15) is 14.9 Å². The average molecular weight is 312 g/mol. The second kappa shape index (κ2) is 7.54. The largest absolute Gasteiger partial charge is 0.349 e. The van der Waals surface area contributed by atoms with E-state index in [0.717, 1.165) is 17.5 Å². The number of nitro groups is 1. The number of aryl methyl sites for hydroxylation is 1. The van der Waals surface area contributed by atoms with Crippen molar-refractivity contribution < 1.29 is 9.72 Å². The second-order valence-corrected chi connectivity index (χ2v) is 5.54. The van der Waals surface area contributed by atoms with Crippen molar-refractivity contribution in [3.8, 4) is 0 Å². The summed E-state index contributed by atoms with van der Waals surface area (Å²) >= 11 is 0. The normalized spacial score (nSPS) is 11.7. The van der Waals surface area contributed by atoms with Gasteiger partial charge in [0.2, 0.25) is 5.91 Å². The summed E-state index contributed by atoms with van der Waals surface area (Å²) in [5, 5.41) is 13.6. The van der Waals surface area contributed by atoms with Gasteiger partial charge in [-0.2, -0.15) is 0 Å². The first kappa shape index (κ1) is 16.7. The Bertz CT molecular complexity index is 678. The Labute approximate surface area is 135 Å². The second-order valence-electron chi connectivity index (χ2n) is 5.54. The topological polar surface area (TPSA) is 72.2 Å². The highest BCUT2D eigenvalue weighted by molar-refractivity contribution is 5.79. The molecule has 0 aliphatic rings. The average Bonchev–Trinajstić information content (AvgIpc) is 2.54. The van der Waals surface area contributed by atoms with Crippen LogP contribution >= 0.6 is 0 Å². The molecule has 0 heterocycles. The fraction of sp³-hybridized carbons (Fsp3) is 0.278. The predicted molar refractivity (Wildman–Crippen MR) is 89.2 cm³/mol. The maximum Gasteiger partial charge on any atom is 0.269 e. The van der Waals surface area contributed by atoms with Crippen molar-refractivity contribution in [2.45, 2.75) is 32.7 Å². The lowest BCUT2D eigenvalue weighted by Gasteiger charge is -2.17. The number of hydrogen-bond acceptors (Lipinski definition) is 3. The Kier molecular flexibility index (Phi) is 5.46. The van der Waals surface area contributed by atoms with E-state index < -0.39 is 4.92 Å². The van der Waals surface area contributed by atoms with E-state index in [1.807, 2.05) is 38.1 Å². The predicted octanol–water partition coefficient (Wildman–Crippen LogP) is 3.71. The van der Waals surface area contributed by atoms with E-state index in [1.165, 1.54) is 17.7 Å². The minimum absolute atomic E-state index is 0.0267. The first-order valence-electron chi connectivity index (χ1n) is 7.59. The molecule has 0 saturated heterocycles. The van der Waals surface area contributed by atoms with Crippen LogP contribution in [0.2, 0.25) is 0 Å². The molecule has 0 saturated carbocycles. The standard InChI is InChI=1S/C18H20N2O3/c1-3-17(15-8-4-13(2)5-9-15)19-18(21)12-14-6-10-16(11-7-14)20(22)23/h4-11,17H,3,12H2,1-2H3,(H,19,21)/t17-/m1/s1. The molecule has 23 heavy (non-hydrogen) atoms. The maximum atomic E-state index is 12.2. The van der Waals surface area contributed by atoms with Gasteiger partial charge in [0.05, 0.1) is 17.4 Å². The van der Waals surface area contributed by atoms with Crippen LogP contribution in [0.25, 0.3) is 0 Å². The zero-order valence-corrected chi connectivity index (χ0v) is 13.3. The Balaban J connectivity index is 1.99. The minimum atomic E-state index is -0.450. The van der Waals surface area contributed by atoms with E-state index in [0.29, 0.717) is 0 Å². The zero-order chi connectivity index (χ0) is 16.8. The first-order valence-corrected chi connectivity index (χ1v) is 7.59. The van der Waals surface area contributed by atoms with Crippen LogP contribution in [-0.2, 0) is 11.2 Å². The molecule has 120 valence electrons. The van der Waals surface area contributed by atoms with E-state index in [2.05, 4.69) is 5.32 Å². The highest BCUT2D eigenvalue weighted by atomic mass is 16.6. The van der Waals surface area contributed by atoms with Crippen molar-refractivity contribution in [3.05, 3.63) is 75.3 Å². The molecular weight excluding hydrogens is 292 g/mol. The van der Waals surface area contributed by atoms with Gasteiger partial charge in [0, 0.05) is 12.1 Å². The van der Waals surface area contributed by atoms with Gasteiger partial charge in [-0.05, 0) is 24.5 Å². The summed E-state index contributed by atoms with van der Waals surface area (Å²) in [6, 6.07) is 14.1. The number of benzene rings is 2. The molecule has 1 amide bonds. The molecule has 1 atom stereocenters. The minimum Gasteiger partial charge on any atom is -0.349 e. The van der Waals surface area contributed by atoms with Crippen molar-refractivity contribution in [1.29, 1.82) is 0 Å². The van der Waals surface area contributed by atoms with Gasteiger partial charge >= 0.3 is 0 Å². The molecule has 0 unspecified atom stereocenters. The molecule has 0 radical (unpaired) electrons. The van der Waals surface area contributed by atoms with E-state index >= 15 is 0 Å².